The summed E-state index contributed by atoms with van der Waals surface area (Å²) in [4.78, 5) is 28.2. The van der Waals surface area contributed by atoms with Crippen LogP contribution in [0.1, 0.15) is 22.3 Å². The lowest BCUT2D eigenvalue weighted by Gasteiger charge is -2.06. The molecule has 0 fully saturated rings. The van der Waals surface area contributed by atoms with E-state index >= 15 is 0 Å². The maximum atomic E-state index is 12.6. The minimum absolute atomic E-state index is 0.109. The predicted molar refractivity (Wildman–Crippen MR) is 113 cm³/mol. The number of anilines is 3. The summed E-state index contributed by atoms with van der Waals surface area (Å²) in [6, 6.07) is 14.5. The monoisotopic (exact) mass is 430 g/mol. The average Bonchev–Trinajstić information content (AvgIpc) is 3.03. The Kier molecular flexibility index (Phi) is 5.95. The Labute approximate surface area is 172 Å². The number of rotatable bonds is 6. The number of benzene rings is 2. The first kappa shape index (κ1) is 20.5. The highest BCUT2D eigenvalue weighted by Gasteiger charge is 2.20. The molecule has 1 aromatic heterocycles. The zero-order valence-corrected chi connectivity index (χ0v) is 17.2. The van der Waals surface area contributed by atoms with Crippen LogP contribution in [-0.2, 0) is 14.8 Å². The van der Waals surface area contributed by atoms with E-state index in [1.165, 1.54) is 19.1 Å². The minimum Gasteiger partial charge on any atom is -0.326 e. The van der Waals surface area contributed by atoms with Gasteiger partial charge in [-0.15, -0.1) is 0 Å². The number of carbonyl (C=O) groups excluding carboxylic acids is 2. The molecule has 0 spiro atoms. The number of aromatic nitrogens is 1. The van der Waals surface area contributed by atoms with E-state index in [1.54, 1.807) is 49.4 Å². The zero-order chi connectivity index (χ0) is 21.0. The van der Waals surface area contributed by atoms with Crippen molar-refractivity contribution >= 4 is 49.7 Å². The van der Waals surface area contributed by atoms with Crippen LogP contribution in [0.5, 0.6) is 0 Å². The Hall–Kier alpha value is -3.24. The number of carbonyl (C=O) groups is 2. The number of sulfonamides is 1. The molecule has 3 N–H and O–H groups in total. The second-order valence-corrected chi connectivity index (χ2v) is 8.75. The van der Waals surface area contributed by atoms with Gasteiger partial charge in [-0.3, -0.25) is 14.3 Å². The quantitative estimate of drug-likeness (QED) is 0.554. The first-order chi connectivity index (χ1) is 13.7. The van der Waals surface area contributed by atoms with Gasteiger partial charge in [0.1, 0.15) is 4.88 Å². The van der Waals surface area contributed by atoms with Gasteiger partial charge in [-0.05, 0) is 43.3 Å². The molecule has 3 aromatic rings. The summed E-state index contributed by atoms with van der Waals surface area (Å²) in [5.41, 5.74) is 1.55. The van der Waals surface area contributed by atoms with E-state index in [1.807, 2.05) is 0 Å². The van der Waals surface area contributed by atoms with Crippen molar-refractivity contribution in [1.29, 1.82) is 0 Å². The lowest BCUT2D eigenvalue weighted by molar-refractivity contribution is -0.114. The highest BCUT2D eigenvalue weighted by atomic mass is 32.2. The lowest BCUT2D eigenvalue weighted by Crippen LogP contribution is -2.12. The van der Waals surface area contributed by atoms with E-state index in [-0.39, 0.29) is 15.9 Å². The van der Waals surface area contributed by atoms with Crippen molar-refractivity contribution in [2.24, 2.45) is 0 Å². The van der Waals surface area contributed by atoms with Gasteiger partial charge in [-0.2, -0.15) is 0 Å². The Balaban J connectivity index is 1.72. The molecular weight excluding hydrogens is 412 g/mol. The molecule has 0 aliphatic heterocycles. The first-order valence-electron chi connectivity index (χ1n) is 8.49. The largest absolute Gasteiger partial charge is 0.326 e. The van der Waals surface area contributed by atoms with Crippen LogP contribution >= 0.6 is 11.3 Å². The van der Waals surface area contributed by atoms with E-state index in [9.17, 15) is 18.0 Å². The van der Waals surface area contributed by atoms with Crippen LogP contribution in [0.3, 0.4) is 0 Å². The molecule has 8 nitrogen and oxygen atoms in total. The number of hydrogen-bond donors (Lipinski definition) is 3. The fourth-order valence-corrected chi connectivity index (χ4v) is 4.57. The van der Waals surface area contributed by atoms with Gasteiger partial charge in [-0.1, -0.05) is 29.5 Å². The van der Waals surface area contributed by atoms with Gasteiger partial charge >= 0.3 is 0 Å². The SMILES string of the molecule is CC(=O)Nc1ccc(NC(=O)c2sc(NS(=O)(=O)c3ccccc3)nc2C)cc1. The molecule has 0 aliphatic carbocycles. The second-order valence-electron chi connectivity index (χ2n) is 6.06. The highest BCUT2D eigenvalue weighted by Crippen LogP contribution is 2.26. The molecule has 2 aromatic carbocycles. The summed E-state index contributed by atoms with van der Waals surface area (Å²) in [5, 5.41) is 5.48. The first-order valence-corrected chi connectivity index (χ1v) is 10.8. The maximum absolute atomic E-state index is 12.6. The highest BCUT2D eigenvalue weighted by molar-refractivity contribution is 7.93. The van der Waals surface area contributed by atoms with Crippen molar-refractivity contribution in [2.45, 2.75) is 18.7 Å². The molecule has 0 bridgehead atoms. The molecule has 0 unspecified atom stereocenters. The molecule has 3 rings (SSSR count). The van der Waals surface area contributed by atoms with E-state index in [0.29, 0.717) is 21.9 Å². The van der Waals surface area contributed by atoms with Crippen molar-refractivity contribution < 1.29 is 18.0 Å². The van der Waals surface area contributed by atoms with Gasteiger partial charge in [0, 0.05) is 18.3 Å². The number of hydrogen-bond acceptors (Lipinski definition) is 6. The molecule has 1 heterocycles. The van der Waals surface area contributed by atoms with Crippen LogP contribution in [0.15, 0.2) is 59.5 Å². The van der Waals surface area contributed by atoms with Crippen LogP contribution in [0.4, 0.5) is 16.5 Å². The molecule has 29 heavy (non-hydrogen) atoms. The normalized spacial score (nSPS) is 11.0. The van der Waals surface area contributed by atoms with Crippen molar-refractivity contribution in [1.82, 2.24) is 4.98 Å². The topological polar surface area (TPSA) is 117 Å². The second kappa shape index (κ2) is 8.41. The number of aryl methyl sites for hydroxylation is 1. The number of nitrogens with zero attached hydrogens (tertiary/aromatic N) is 1. The number of thiazole rings is 1. The van der Waals surface area contributed by atoms with E-state index < -0.39 is 15.9 Å². The summed E-state index contributed by atoms with van der Waals surface area (Å²) in [7, 11) is -3.78. The van der Waals surface area contributed by atoms with Gasteiger partial charge in [0.15, 0.2) is 5.13 Å². The van der Waals surface area contributed by atoms with Crippen LogP contribution in [-0.4, -0.2) is 25.2 Å². The fraction of sp³-hybridized carbons (Fsp3) is 0.105. The molecule has 0 radical (unpaired) electrons. The van der Waals surface area contributed by atoms with Gasteiger partial charge in [0.2, 0.25) is 5.91 Å². The fourth-order valence-electron chi connectivity index (χ4n) is 2.45. The predicted octanol–water partition coefficient (Wildman–Crippen LogP) is 3.46. The third-order valence-electron chi connectivity index (χ3n) is 3.74. The smallest absolute Gasteiger partial charge is 0.267 e. The molecule has 0 saturated carbocycles. The van der Waals surface area contributed by atoms with Crippen LogP contribution < -0.4 is 15.4 Å². The van der Waals surface area contributed by atoms with Gasteiger partial charge in [0.05, 0.1) is 10.6 Å². The van der Waals surface area contributed by atoms with Gasteiger partial charge < -0.3 is 10.6 Å². The van der Waals surface area contributed by atoms with E-state index in [0.717, 1.165) is 11.3 Å². The Morgan fingerprint density at radius 1 is 0.931 bits per heavy atom. The van der Waals surface area contributed by atoms with E-state index in [4.69, 9.17) is 0 Å². The molecule has 0 atom stereocenters. The molecule has 2 amide bonds. The van der Waals surface area contributed by atoms with Crippen LogP contribution in [0, 0.1) is 6.92 Å². The Morgan fingerprint density at radius 3 is 2.10 bits per heavy atom. The van der Waals surface area contributed by atoms with Crippen molar-refractivity contribution in [3.8, 4) is 0 Å². The zero-order valence-electron chi connectivity index (χ0n) is 15.6. The van der Waals surface area contributed by atoms with E-state index in [2.05, 4.69) is 20.3 Å². The minimum atomic E-state index is -3.78. The summed E-state index contributed by atoms with van der Waals surface area (Å²) in [6.45, 7) is 3.04. The molecule has 0 saturated heterocycles. The summed E-state index contributed by atoms with van der Waals surface area (Å²) in [6.07, 6.45) is 0. The Bertz CT molecular complexity index is 1140. The van der Waals surface area contributed by atoms with Gasteiger partial charge in [0.25, 0.3) is 15.9 Å². The number of nitrogens with one attached hydrogen (secondary N) is 3. The Morgan fingerprint density at radius 2 is 1.52 bits per heavy atom. The summed E-state index contributed by atoms with van der Waals surface area (Å²) < 4.78 is 27.2. The van der Waals surface area contributed by atoms with Crippen molar-refractivity contribution in [3.05, 3.63) is 65.2 Å². The van der Waals surface area contributed by atoms with Crippen LogP contribution in [0.2, 0.25) is 0 Å². The third-order valence-corrected chi connectivity index (χ3v) is 6.30. The third kappa shape index (κ3) is 5.18. The molecule has 150 valence electrons. The summed E-state index contributed by atoms with van der Waals surface area (Å²) >= 11 is 0.950. The molecule has 10 heteroatoms. The van der Waals surface area contributed by atoms with Gasteiger partial charge in [-0.25, -0.2) is 13.4 Å². The standard InChI is InChI=1S/C19H18N4O4S2/c1-12-17(18(25)22-15-10-8-14(9-11-15)21-13(2)24)28-19(20-12)23-29(26,27)16-6-4-3-5-7-16/h3-11H,1-2H3,(H,20,23)(H,21,24)(H,22,25). The van der Waals surface area contributed by atoms with Crippen molar-refractivity contribution in [3.63, 3.8) is 0 Å². The lowest BCUT2D eigenvalue weighted by atomic mass is 10.2. The maximum Gasteiger partial charge on any atom is 0.267 e. The van der Waals surface area contributed by atoms with Crippen molar-refractivity contribution in [2.75, 3.05) is 15.4 Å². The van der Waals surface area contributed by atoms with Crippen LogP contribution in [0.25, 0.3) is 0 Å². The molecule has 0 aliphatic rings. The summed E-state index contributed by atoms with van der Waals surface area (Å²) in [5.74, 6) is -0.593. The average molecular weight is 431 g/mol. The molecular formula is C19H18N4O4S2. The number of amides is 2.